The lowest BCUT2D eigenvalue weighted by atomic mass is 9.76. The van der Waals surface area contributed by atoms with E-state index in [4.69, 9.17) is 9.31 Å². The Labute approximate surface area is 112 Å². The summed E-state index contributed by atoms with van der Waals surface area (Å²) in [4.78, 5) is 0. The minimum absolute atomic E-state index is 0.280. The molecule has 4 heteroatoms. The van der Waals surface area contributed by atoms with Crippen molar-refractivity contribution in [1.29, 1.82) is 0 Å². The summed E-state index contributed by atoms with van der Waals surface area (Å²) < 4.78 is 13.2. The summed E-state index contributed by atoms with van der Waals surface area (Å²) in [6, 6.07) is 6.10. The topological polar surface area (TPSA) is 18.5 Å². The molecule has 1 aliphatic rings. The first kappa shape index (κ1) is 13.1. The number of rotatable bonds is 1. The highest BCUT2D eigenvalue weighted by atomic mass is 79.9. The molecule has 1 aromatic carbocycles. The second-order valence-corrected chi connectivity index (χ2v) is 6.40. The average Bonchev–Trinajstić information content (AvgIpc) is 2.40. The molecule has 0 atom stereocenters. The lowest BCUT2D eigenvalue weighted by Gasteiger charge is -2.32. The Morgan fingerprint density at radius 2 is 1.59 bits per heavy atom. The molecule has 92 valence electrons. The zero-order valence-electron chi connectivity index (χ0n) is 11.0. The minimum atomic E-state index is -0.285. The van der Waals surface area contributed by atoms with E-state index < -0.39 is 0 Å². The predicted octanol–water partition coefficient (Wildman–Crippen LogP) is 3.06. The lowest BCUT2D eigenvalue weighted by molar-refractivity contribution is 0.00578. The quantitative estimate of drug-likeness (QED) is 0.742. The molecule has 0 bridgehead atoms. The van der Waals surface area contributed by atoms with E-state index in [9.17, 15) is 0 Å². The van der Waals surface area contributed by atoms with Gasteiger partial charge in [0.2, 0.25) is 0 Å². The molecule has 1 fully saturated rings. The van der Waals surface area contributed by atoms with Crippen LogP contribution in [0.4, 0.5) is 0 Å². The van der Waals surface area contributed by atoms with Crippen LogP contribution in [0.1, 0.15) is 33.3 Å². The first-order chi connectivity index (χ1) is 7.74. The van der Waals surface area contributed by atoms with Crippen molar-refractivity contribution in [1.82, 2.24) is 0 Å². The van der Waals surface area contributed by atoms with Crippen molar-refractivity contribution < 1.29 is 9.31 Å². The maximum atomic E-state index is 6.04. The highest BCUT2D eigenvalue weighted by Gasteiger charge is 2.52. The number of hydrogen-bond donors (Lipinski definition) is 0. The number of hydrogen-bond acceptors (Lipinski definition) is 2. The molecule has 2 nitrogen and oxygen atoms in total. The SMILES string of the molecule is Cc1c(Br)cccc1B1OC(C)(C)C(C)(C)O1. The van der Waals surface area contributed by atoms with Crippen molar-refractivity contribution >= 4 is 28.5 Å². The van der Waals surface area contributed by atoms with Crippen LogP contribution in [0, 0.1) is 6.92 Å². The Morgan fingerprint density at radius 1 is 1.06 bits per heavy atom. The molecule has 0 saturated carbocycles. The molecule has 1 aliphatic heterocycles. The summed E-state index contributed by atoms with van der Waals surface area (Å²) in [5, 5.41) is 0. The Balaban J connectivity index is 2.36. The van der Waals surface area contributed by atoms with Gasteiger partial charge in [-0.05, 0) is 51.7 Å². The molecule has 1 saturated heterocycles. The molecule has 2 rings (SSSR count). The van der Waals surface area contributed by atoms with Gasteiger partial charge in [0.15, 0.2) is 0 Å². The van der Waals surface area contributed by atoms with Crippen LogP contribution in [0.2, 0.25) is 0 Å². The van der Waals surface area contributed by atoms with Gasteiger partial charge in [-0.1, -0.05) is 28.1 Å². The van der Waals surface area contributed by atoms with E-state index >= 15 is 0 Å². The smallest absolute Gasteiger partial charge is 0.399 e. The fourth-order valence-corrected chi connectivity index (χ4v) is 2.23. The normalized spacial score (nSPS) is 21.9. The molecule has 0 radical (unpaired) electrons. The highest BCUT2D eigenvalue weighted by molar-refractivity contribution is 9.10. The highest BCUT2D eigenvalue weighted by Crippen LogP contribution is 2.36. The second-order valence-electron chi connectivity index (χ2n) is 5.54. The zero-order valence-corrected chi connectivity index (χ0v) is 12.6. The molecule has 0 N–H and O–H groups in total. The summed E-state index contributed by atoms with van der Waals surface area (Å²) in [6.07, 6.45) is 0. The van der Waals surface area contributed by atoms with Crippen LogP contribution >= 0.6 is 15.9 Å². The van der Waals surface area contributed by atoms with Gasteiger partial charge in [0, 0.05) is 4.47 Å². The van der Waals surface area contributed by atoms with Crippen LogP contribution in [0.25, 0.3) is 0 Å². The van der Waals surface area contributed by atoms with Gasteiger partial charge in [0.05, 0.1) is 11.2 Å². The van der Waals surface area contributed by atoms with E-state index in [1.54, 1.807) is 0 Å². The first-order valence-corrected chi connectivity index (χ1v) is 6.64. The third-order valence-corrected chi connectivity index (χ3v) is 4.68. The molecule has 0 amide bonds. The number of halogens is 1. The van der Waals surface area contributed by atoms with Crippen molar-refractivity contribution in [2.75, 3.05) is 0 Å². The van der Waals surface area contributed by atoms with E-state index in [0.717, 1.165) is 9.94 Å². The Morgan fingerprint density at radius 3 is 2.12 bits per heavy atom. The van der Waals surface area contributed by atoms with Crippen LogP contribution in [0.15, 0.2) is 22.7 Å². The maximum absolute atomic E-state index is 6.04. The molecular formula is C13H18BBrO2. The third-order valence-electron chi connectivity index (χ3n) is 3.82. The fourth-order valence-electron chi connectivity index (χ4n) is 1.85. The Hall–Kier alpha value is -0.315. The van der Waals surface area contributed by atoms with Gasteiger partial charge in [0.25, 0.3) is 0 Å². The molecule has 0 unspecified atom stereocenters. The molecule has 17 heavy (non-hydrogen) atoms. The molecular weight excluding hydrogens is 279 g/mol. The van der Waals surface area contributed by atoms with Crippen LogP contribution in [0.3, 0.4) is 0 Å². The summed E-state index contributed by atoms with van der Waals surface area (Å²) in [5.74, 6) is 0. The van der Waals surface area contributed by atoms with Gasteiger partial charge in [0.1, 0.15) is 0 Å². The van der Waals surface area contributed by atoms with E-state index in [1.807, 2.05) is 12.1 Å². The molecule has 0 spiro atoms. The number of benzene rings is 1. The van der Waals surface area contributed by atoms with Gasteiger partial charge in [-0.25, -0.2) is 0 Å². The largest absolute Gasteiger partial charge is 0.495 e. The van der Waals surface area contributed by atoms with Crippen molar-refractivity contribution in [3.63, 3.8) is 0 Å². The van der Waals surface area contributed by atoms with Crippen molar-refractivity contribution in [2.24, 2.45) is 0 Å². The third kappa shape index (κ3) is 2.18. The Bertz CT molecular complexity index is 427. The monoisotopic (exact) mass is 296 g/mol. The standard InChI is InChI=1S/C13H18BBrO2/c1-9-10(7-6-8-11(9)15)14-16-12(2,3)13(4,5)17-14/h6-8H,1-5H3. The van der Waals surface area contributed by atoms with Gasteiger partial charge >= 0.3 is 7.12 Å². The summed E-state index contributed by atoms with van der Waals surface area (Å²) in [7, 11) is -0.280. The fraction of sp³-hybridized carbons (Fsp3) is 0.538. The maximum Gasteiger partial charge on any atom is 0.495 e. The van der Waals surface area contributed by atoms with E-state index in [2.05, 4.69) is 56.6 Å². The van der Waals surface area contributed by atoms with Crippen LogP contribution in [-0.4, -0.2) is 18.3 Å². The van der Waals surface area contributed by atoms with Crippen molar-refractivity contribution in [3.05, 3.63) is 28.2 Å². The minimum Gasteiger partial charge on any atom is -0.399 e. The van der Waals surface area contributed by atoms with Gasteiger partial charge < -0.3 is 9.31 Å². The van der Waals surface area contributed by atoms with Crippen LogP contribution < -0.4 is 5.46 Å². The summed E-state index contributed by atoms with van der Waals surface area (Å²) in [5.41, 5.74) is 1.70. The Kier molecular flexibility index (Phi) is 3.17. The lowest BCUT2D eigenvalue weighted by Crippen LogP contribution is -2.41. The average molecular weight is 297 g/mol. The zero-order chi connectivity index (χ0) is 12.8. The van der Waals surface area contributed by atoms with Crippen molar-refractivity contribution in [3.8, 4) is 0 Å². The predicted molar refractivity (Wildman–Crippen MR) is 74.6 cm³/mol. The van der Waals surface area contributed by atoms with E-state index in [-0.39, 0.29) is 18.3 Å². The molecule has 1 heterocycles. The van der Waals surface area contributed by atoms with Crippen LogP contribution in [0.5, 0.6) is 0 Å². The second kappa shape index (κ2) is 4.11. The molecule has 0 aromatic heterocycles. The molecule has 0 aliphatic carbocycles. The summed E-state index contributed by atoms with van der Waals surface area (Å²) in [6.45, 7) is 10.4. The molecule has 1 aromatic rings. The van der Waals surface area contributed by atoms with Crippen molar-refractivity contribution in [2.45, 2.75) is 45.8 Å². The van der Waals surface area contributed by atoms with Crippen LogP contribution in [-0.2, 0) is 9.31 Å². The van der Waals surface area contributed by atoms with Gasteiger partial charge in [-0.2, -0.15) is 0 Å². The summed E-state index contributed by atoms with van der Waals surface area (Å²) >= 11 is 3.54. The van der Waals surface area contributed by atoms with E-state index in [1.165, 1.54) is 5.56 Å². The van der Waals surface area contributed by atoms with Gasteiger partial charge in [-0.3, -0.25) is 0 Å². The first-order valence-electron chi connectivity index (χ1n) is 5.85. The van der Waals surface area contributed by atoms with Gasteiger partial charge in [-0.15, -0.1) is 0 Å². The van der Waals surface area contributed by atoms with E-state index in [0.29, 0.717) is 0 Å².